The molecule has 0 aromatic heterocycles. The summed E-state index contributed by atoms with van der Waals surface area (Å²) in [6.07, 6.45) is 0. The Morgan fingerprint density at radius 1 is 0.583 bits per heavy atom. The molecule has 0 unspecified atom stereocenters. The van der Waals surface area contributed by atoms with E-state index in [9.17, 15) is 0 Å². The van der Waals surface area contributed by atoms with Crippen LogP contribution < -0.4 is 14.4 Å². The molecule has 122 valence electrons. The quantitative estimate of drug-likeness (QED) is 0.584. The number of methoxy groups -OCH3 is 2. The number of benzene rings is 3. The van der Waals surface area contributed by atoms with Crippen molar-refractivity contribution < 1.29 is 9.47 Å². The van der Waals surface area contributed by atoms with E-state index in [0.717, 1.165) is 28.6 Å². The van der Waals surface area contributed by atoms with Crippen molar-refractivity contribution in [3.8, 4) is 11.5 Å². The van der Waals surface area contributed by atoms with Crippen molar-refractivity contribution >= 4 is 28.7 Å². The van der Waals surface area contributed by atoms with Crippen molar-refractivity contribution in [1.82, 2.24) is 0 Å². The van der Waals surface area contributed by atoms with Gasteiger partial charge in [-0.2, -0.15) is 0 Å². The third-order valence-corrected chi connectivity index (χ3v) is 4.00. The zero-order valence-corrected chi connectivity index (χ0v) is 14.3. The molecule has 0 aliphatic heterocycles. The summed E-state index contributed by atoms with van der Waals surface area (Å²) in [6.45, 7) is 0. The largest absolute Gasteiger partial charge is 0.497 e. The normalized spacial score (nSPS) is 10.3. The van der Waals surface area contributed by atoms with Crippen molar-refractivity contribution in [2.75, 3.05) is 19.1 Å². The van der Waals surface area contributed by atoms with Gasteiger partial charge in [-0.05, 0) is 72.8 Å². The average molecular weight is 340 g/mol. The van der Waals surface area contributed by atoms with Crippen molar-refractivity contribution in [2.45, 2.75) is 0 Å². The Kier molecular flexibility index (Phi) is 4.92. The highest BCUT2D eigenvalue weighted by atomic mass is 35.5. The van der Waals surface area contributed by atoms with Gasteiger partial charge in [0.1, 0.15) is 11.5 Å². The lowest BCUT2D eigenvalue weighted by Gasteiger charge is -2.25. The molecule has 0 radical (unpaired) electrons. The SMILES string of the molecule is COc1ccc(N(c2ccc(Cl)cc2)c2ccc(OC)cc2)cc1. The Hall–Kier alpha value is -2.65. The maximum absolute atomic E-state index is 6.04. The van der Waals surface area contributed by atoms with Crippen LogP contribution in [0.25, 0.3) is 0 Å². The third-order valence-electron chi connectivity index (χ3n) is 3.75. The summed E-state index contributed by atoms with van der Waals surface area (Å²) in [5, 5.41) is 0.711. The molecular formula is C20H18ClNO2. The summed E-state index contributed by atoms with van der Waals surface area (Å²) in [7, 11) is 3.32. The Bertz CT molecular complexity index is 736. The molecule has 24 heavy (non-hydrogen) atoms. The molecule has 0 N–H and O–H groups in total. The summed E-state index contributed by atoms with van der Waals surface area (Å²) < 4.78 is 10.5. The second kappa shape index (κ2) is 7.28. The second-order valence-corrected chi connectivity index (χ2v) is 5.64. The minimum absolute atomic E-state index is 0.711. The molecule has 0 bridgehead atoms. The van der Waals surface area contributed by atoms with E-state index in [4.69, 9.17) is 21.1 Å². The monoisotopic (exact) mass is 339 g/mol. The minimum Gasteiger partial charge on any atom is -0.497 e. The van der Waals surface area contributed by atoms with Crippen LogP contribution >= 0.6 is 11.6 Å². The van der Waals surface area contributed by atoms with E-state index in [0.29, 0.717) is 5.02 Å². The summed E-state index contributed by atoms with van der Waals surface area (Å²) >= 11 is 6.04. The molecule has 0 spiro atoms. The maximum Gasteiger partial charge on any atom is 0.119 e. The minimum atomic E-state index is 0.711. The van der Waals surface area contributed by atoms with Crippen LogP contribution in [0.5, 0.6) is 11.5 Å². The molecule has 0 saturated heterocycles. The van der Waals surface area contributed by atoms with Crippen LogP contribution in [0.1, 0.15) is 0 Å². The van der Waals surface area contributed by atoms with Crippen molar-refractivity contribution in [2.24, 2.45) is 0 Å². The summed E-state index contributed by atoms with van der Waals surface area (Å²) in [5.41, 5.74) is 3.08. The van der Waals surface area contributed by atoms with E-state index in [1.807, 2.05) is 72.8 Å². The van der Waals surface area contributed by atoms with Gasteiger partial charge >= 0.3 is 0 Å². The highest BCUT2D eigenvalue weighted by molar-refractivity contribution is 6.30. The molecule has 0 saturated carbocycles. The van der Waals surface area contributed by atoms with Crippen molar-refractivity contribution in [3.05, 3.63) is 77.8 Å². The van der Waals surface area contributed by atoms with E-state index in [1.54, 1.807) is 14.2 Å². The van der Waals surface area contributed by atoms with Crippen molar-refractivity contribution in [3.63, 3.8) is 0 Å². The van der Waals surface area contributed by atoms with Crippen molar-refractivity contribution in [1.29, 1.82) is 0 Å². The van der Waals surface area contributed by atoms with Gasteiger partial charge in [-0.3, -0.25) is 0 Å². The molecule has 3 aromatic rings. The van der Waals surface area contributed by atoms with Crippen LogP contribution in [0.4, 0.5) is 17.1 Å². The first-order chi connectivity index (χ1) is 11.7. The van der Waals surface area contributed by atoms with Gasteiger partial charge in [-0.25, -0.2) is 0 Å². The van der Waals surface area contributed by atoms with Crippen LogP contribution in [-0.4, -0.2) is 14.2 Å². The molecule has 0 aliphatic carbocycles. The molecule has 0 heterocycles. The molecule has 3 nitrogen and oxygen atoms in total. The average Bonchev–Trinajstić information content (AvgIpc) is 2.64. The zero-order chi connectivity index (χ0) is 16.9. The summed E-state index contributed by atoms with van der Waals surface area (Å²) in [4.78, 5) is 2.15. The lowest BCUT2D eigenvalue weighted by molar-refractivity contribution is 0.415. The number of rotatable bonds is 5. The lowest BCUT2D eigenvalue weighted by atomic mass is 10.2. The Morgan fingerprint density at radius 2 is 0.917 bits per heavy atom. The van der Waals surface area contributed by atoms with Gasteiger partial charge in [0.25, 0.3) is 0 Å². The van der Waals surface area contributed by atoms with Crippen LogP contribution in [0.3, 0.4) is 0 Å². The van der Waals surface area contributed by atoms with Gasteiger partial charge in [0.15, 0.2) is 0 Å². The smallest absolute Gasteiger partial charge is 0.119 e. The number of ether oxygens (including phenoxy) is 2. The van der Waals surface area contributed by atoms with Gasteiger partial charge in [0.05, 0.1) is 14.2 Å². The molecule has 4 heteroatoms. The Balaban J connectivity index is 2.06. The zero-order valence-electron chi connectivity index (χ0n) is 13.6. The number of hydrogen-bond acceptors (Lipinski definition) is 3. The molecule has 0 atom stereocenters. The molecule has 3 rings (SSSR count). The van der Waals surface area contributed by atoms with E-state index in [1.165, 1.54) is 0 Å². The highest BCUT2D eigenvalue weighted by Crippen LogP contribution is 2.36. The first-order valence-corrected chi connectivity index (χ1v) is 7.93. The summed E-state index contributed by atoms with van der Waals surface area (Å²) in [6, 6.07) is 23.7. The van der Waals surface area contributed by atoms with E-state index in [-0.39, 0.29) is 0 Å². The highest BCUT2D eigenvalue weighted by Gasteiger charge is 2.12. The van der Waals surface area contributed by atoms with Gasteiger partial charge in [-0.15, -0.1) is 0 Å². The van der Waals surface area contributed by atoms with Gasteiger partial charge in [0, 0.05) is 22.1 Å². The predicted octanol–water partition coefficient (Wildman–Crippen LogP) is 5.83. The Labute approximate surface area is 147 Å². The second-order valence-electron chi connectivity index (χ2n) is 5.21. The van der Waals surface area contributed by atoms with Gasteiger partial charge < -0.3 is 14.4 Å². The van der Waals surface area contributed by atoms with Crippen LogP contribution in [0, 0.1) is 0 Å². The maximum atomic E-state index is 6.04. The fraction of sp³-hybridized carbons (Fsp3) is 0.100. The molecule has 0 aliphatic rings. The Morgan fingerprint density at radius 3 is 1.25 bits per heavy atom. The first kappa shape index (κ1) is 16.2. The number of halogens is 1. The van der Waals surface area contributed by atoms with Crippen LogP contribution in [0.2, 0.25) is 5.02 Å². The van der Waals surface area contributed by atoms with E-state index >= 15 is 0 Å². The van der Waals surface area contributed by atoms with Gasteiger partial charge in [-0.1, -0.05) is 11.6 Å². The van der Waals surface area contributed by atoms with Crippen LogP contribution in [0.15, 0.2) is 72.8 Å². The van der Waals surface area contributed by atoms with Gasteiger partial charge in [0.2, 0.25) is 0 Å². The number of hydrogen-bond donors (Lipinski definition) is 0. The lowest BCUT2D eigenvalue weighted by Crippen LogP contribution is -2.09. The number of anilines is 3. The first-order valence-electron chi connectivity index (χ1n) is 7.55. The van der Waals surface area contributed by atoms with Crippen LogP contribution in [-0.2, 0) is 0 Å². The third kappa shape index (κ3) is 3.47. The predicted molar refractivity (Wildman–Crippen MR) is 99.2 cm³/mol. The van der Waals surface area contributed by atoms with E-state index in [2.05, 4.69) is 4.90 Å². The number of nitrogens with zero attached hydrogens (tertiary/aromatic N) is 1. The topological polar surface area (TPSA) is 21.7 Å². The standard InChI is InChI=1S/C20H18ClNO2/c1-23-19-11-7-17(8-12-19)22(16-5-3-15(21)4-6-16)18-9-13-20(24-2)14-10-18/h3-14H,1-2H3. The fourth-order valence-electron chi connectivity index (χ4n) is 2.50. The molecule has 3 aromatic carbocycles. The molecule has 0 amide bonds. The molecule has 0 fully saturated rings. The molecular weight excluding hydrogens is 322 g/mol. The fourth-order valence-corrected chi connectivity index (χ4v) is 2.63. The van der Waals surface area contributed by atoms with E-state index < -0.39 is 0 Å². The summed E-state index contributed by atoms with van der Waals surface area (Å²) in [5.74, 6) is 1.65.